The van der Waals surface area contributed by atoms with E-state index < -0.39 is 6.10 Å². The first-order valence-corrected chi connectivity index (χ1v) is 12.0. The molecule has 32 heavy (non-hydrogen) atoms. The number of methoxy groups -OCH3 is 2. The van der Waals surface area contributed by atoms with Gasteiger partial charge < -0.3 is 24.2 Å². The number of fused-ring (bicyclic) bond motifs is 1. The highest BCUT2D eigenvalue weighted by Crippen LogP contribution is 2.37. The Morgan fingerprint density at radius 1 is 1.12 bits per heavy atom. The van der Waals surface area contributed by atoms with E-state index in [-0.39, 0.29) is 6.04 Å². The first kappa shape index (κ1) is 23.1. The summed E-state index contributed by atoms with van der Waals surface area (Å²) in [6.07, 6.45) is 0.368. The largest absolute Gasteiger partial charge is 0.493 e. The summed E-state index contributed by atoms with van der Waals surface area (Å²) < 4.78 is 16.9. The van der Waals surface area contributed by atoms with Gasteiger partial charge in [0.2, 0.25) is 0 Å². The molecule has 2 aromatic carbocycles. The second-order valence-corrected chi connectivity index (χ2v) is 9.43. The molecule has 2 N–H and O–H groups in total. The van der Waals surface area contributed by atoms with Gasteiger partial charge in [-0.15, -0.1) is 11.3 Å². The maximum atomic E-state index is 10.8. The summed E-state index contributed by atoms with van der Waals surface area (Å²) in [7, 11) is 3.33. The highest BCUT2D eigenvalue weighted by Gasteiger charge is 2.35. The molecule has 1 aliphatic heterocycles. The third-order valence-electron chi connectivity index (χ3n) is 5.90. The van der Waals surface area contributed by atoms with E-state index in [0.717, 1.165) is 30.0 Å². The molecular weight excluding hydrogens is 446 g/mol. The zero-order valence-corrected chi connectivity index (χ0v) is 19.9. The van der Waals surface area contributed by atoms with Gasteiger partial charge in [-0.05, 0) is 46.8 Å². The molecule has 4 rings (SSSR count). The summed E-state index contributed by atoms with van der Waals surface area (Å²) in [5.41, 5.74) is 3.55. The van der Waals surface area contributed by atoms with Gasteiger partial charge >= 0.3 is 0 Å². The van der Waals surface area contributed by atoms with Crippen LogP contribution in [0.25, 0.3) is 0 Å². The zero-order chi connectivity index (χ0) is 22.5. The van der Waals surface area contributed by atoms with Crippen LogP contribution in [-0.4, -0.2) is 45.1 Å². The van der Waals surface area contributed by atoms with Gasteiger partial charge in [0.1, 0.15) is 18.7 Å². The molecule has 1 aromatic heterocycles. The van der Waals surface area contributed by atoms with Crippen molar-refractivity contribution in [1.29, 1.82) is 0 Å². The van der Waals surface area contributed by atoms with Gasteiger partial charge in [0.05, 0.1) is 38.9 Å². The molecule has 0 saturated heterocycles. The lowest BCUT2D eigenvalue weighted by Crippen LogP contribution is -3.14. The van der Waals surface area contributed by atoms with Crippen molar-refractivity contribution in [2.24, 2.45) is 0 Å². The number of hydrogen-bond acceptors (Lipinski definition) is 5. The van der Waals surface area contributed by atoms with Gasteiger partial charge in [0.25, 0.3) is 0 Å². The Balaban J connectivity index is 1.47. The fourth-order valence-electron chi connectivity index (χ4n) is 4.37. The molecule has 1 unspecified atom stereocenters. The van der Waals surface area contributed by atoms with Crippen LogP contribution in [0.1, 0.15) is 27.6 Å². The molecule has 0 fully saturated rings. The van der Waals surface area contributed by atoms with E-state index in [9.17, 15) is 5.11 Å². The highest BCUT2D eigenvalue weighted by atomic mass is 35.5. The number of aliphatic hydroxyl groups is 1. The van der Waals surface area contributed by atoms with Crippen LogP contribution in [0.2, 0.25) is 5.02 Å². The predicted octanol–water partition coefficient (Wildman–Crippen LogP) is 3.53. The van der Waals surface area contributed by atoms with E-state index in [0.29, 0.717) is 24.8 Å². The van der Waals surface area contributed by atoms with Crippen LogP contribution in [-0.2, 0) is 17.8 Å². The number of aliphatic hydroxyl groups excluding tert-OH is 1. The van der Waals surface area contributed by atoms with Crippen LogP contribution in [0, 0.1) is 0 Å². The maximum Gasteiger partial charge on any atom is 0.161 e. The monoisotopic (exact) mass is 474 g/mol. The Bertz CT molecular complexity index is 1010. The normalized spacial score (nSPS) is 18.8. The maximum absolute atomic E-state index is 10.8. The van der Waals surface area contributed by atoms with Crippen molar-refractivity contribution in [2.45, 2.75) is 25.2 Å². The minimum atomic E-state index is -0.554. The van der Waals surface area contributed by atoms with Crippen molar-refractivity contribution >= 4 is 22.9 Å². The van der Waals surface area contributed by atoms with Gasteiger partial charge in [0, 0.05) is 17.0 Å². The number of thiophene rings is 1. The highest BCUT2D eigenvalue weighted by molar-refractivity contribution is 7.10. The Morgan fingerprint density at radius 2 is 1.88 bits per heavy atom. The summed E-state index contributed by atoms with van der Waals surface area (Å²) >= 11 is 7.68. The molecule has 0 bridgehead atoms. The molecule has 0 radical (unpaired) electrons. The summed E-state index contributed by atoms with van der Waals surface area (Å²) in [6.45, 7) is 2.29. The molecule has 7 heteroatoms. The molecule has 0 saturated carbocycles. The van der Waals surface area contributed by atoms with E-state index in [2.05, 4.69) is 29.6 Å². The lowest BCUT2D eigenvalue weighted by Gasteiger charge is -2.35. The first-order valence-electron chi connectivity index (χ1n) is 10.7. The second kappa shape index (κ2) is 10.7. The third kappa shape index (κ3) is 5.27. The Morgan fingerprint density at radius 3 is 2.56 bits per heavy atom. The van der Waals surface area contributed by atoms with E-state index in [1.54, 1.807) is 25.6 Å². The van der Waals surface area contributed by atoms with Crippen LogP contribution < -0.4 is 14.4 Å². The summed E-state index contributed by atoms with van der Waals surface area (Å²) in [5, 5.41) is 13.6. The number of rotatable bonds is 9. The van der Waals surface area contributed by atoms with E-state index in [1.165, 1.54) is 20.9 Å². The predicted molar refractivity (Wildman–Crippen MR) is 127 cm³/mol. The van der Waals surface area contributed by atoms with Crippen LogP contribution in [0.4, 0.5) is 0 Å². The van der Waals surface area contributed by atoms with Gasteiger partial charge in [-0.3, -0.25) is 0 Å². The van der Waals surface area contributed by atoms with Crippen LogP contribution in [0.5, 0.6) is 11.5 Å². The Hall–Kier alpha value is -2.09. The fourth-order valence-corrected chi connectivity index (χ4v) is 5.39. The number of halogens is 1. The standard InChI is InChI=1S/C25H28ClNO4S/c1-29-22-12-18-9-10-27(14-20(28)16-31-15-17-5-7-19(26)8-6-17)25(24-4-3-11-32-24)21(18)13-23(22)30-2/h3-8,11-13,20,25,28H,9-10,14-16H2,1-2H3/p+1/t20-,25+/m0/s1. The van der Waals surface area contributed by atoms with E-state index >= 15 is 0 Å². The molecule has 3 atom stereocenters. The van der Waals surface area contributed by atoms with Crippen molar-refractivity contribution in [1.82, 2.24) is 0 Å². The number of ether oxygens (including phenoxy) is 3. The summed E-state index contributed by atoms with van der Waals surface area (Å²) in [4.78, 5) is 2.61. The number of quaternary nitrogens is 1. The van der Waals surface area contributed by atoms with Gasteiger partial charge in [-0.1, -0.05) is 29.8 Å². The Kier molecular flexibility index (Phi) is 7.71. The zero-order valence-electron chi connectivity index (χ0n) is 18.3. The molecule has 0 spiro atoms. The SMILES string of the molecule is COc1cc2c(cc1OC)[C@H](c1cccs1)[NH+](C[C@H](O)COCc1ccc(Cl)cc1)CC2. The quantitative estimate of drug-likeness (QED) is 0.498. The topological polar surface area (TPSA) is 52.4 Å². The first-order chi connectivity index (χ1) is 15.6. The third-order valence-corrected chi connectivity index (χ3v) is 7.09. The molecular formula is C25H29ClNO4S+. The molecule has 170 valence electrons. The smallest absolute Gasteiger partial charge is 0.161 e. The van der Waals surface area contributed by atoms with Crippen LogP contribution in [0.3, 0.4) is 0 Å². The van der Waals surface area contributed by atoms with Crippen molar-refractivity contribution in [3.63, 3.8) is 0 Å². The average Bonchev–Trinajstić information content (AvgIpc) is 3.33. The lowest BCUT2D eigenvalue weighted by atomic mass is 9.90. The molecule has 0 amide bonds. The molecule has 0 aliphatic carbocycles. The number of hydrogen-bond donors (Lipinski definition) is 2. The number of benzene rings is 2. The molecule has 3 aromatic rings. The van der Waals surface area contributed by atoms with Crippen LogP contribution >= 0.6 is 22.9 Å². The molecule has 2 heterocycles. The van der Waals surface area contributed by atoms with E-state index in [4.69, 9.17) is 25.8 Å². The average molecular weight is 475 g/mol. The van der Waals surface area contributed by atoms with Crippen molar-refractivity contribution in [2.75, 3.05) is 33.9 Å². The Labute approximate surface area is 198 Å². The van der Waals surface area contributed by atoms with Gasteiger partial charge in [0.15, 0.2) is 11.5 Å². The summed E-state index contributed by atoms with van der Waals surface area (Å²) in [5.74, 6) is 1.50. The van der Waals surface area contributed by atoms with Gasteiger partial charge in [-0.25, -0.2) is 0 Å². The molecule has 5 nitrogen and oxygen atoms in total. The second-order valence-electron chi connectivity index (χ2n) is 8.01. The minimum Gasteiger partial charge on any atom is -0.493 e. The van der Waals surface area contributed by atoms with Gasteiger partial charge in [-0.2, -0.15) is 0 Å². The fraction of sp³-hybridized carbons (Fsp3) is 0.360. The lowest BCUT2D eigenvalue weighted by molar-refractivity contribution is -0.930. The van der Waals surface area contributed by atoms with Crippen molar-refractivity contribution < 1.29 is 24.2 Å². The minimum absolute atomic E-state index is 0.143. The summed E-state index contributed by atoms with van der Waals surface area (Å²) in [6, 6.07) is 16.2. The molecule has 1 aliphatic rings. The number of nitrogens with one attached hydrogen (secondary N) is 1. The van der Waals surface area contributed by atoms with Crippen molar-refractivity contribution in [3.8, 4) is 11.5 Å². The van der Waals surface area contributed by atoms with Crippen LogP contribution in [0.15, 0.2) is 53.9 Å². The van der Waals surface area contributed by atoms with E-state index in [1.807, 2.05) is 24.3 Å². The van der Waals surface area contributed by atoms with Crippen molar-refractivity contribution in [3.05, 3.63) is 80.5 Å².